The molecule has 8 nitrogen and oxygen atoms in total. The second kappa shape index (κ2) is 9.09. The van der Waals surface area contributed by atoms with Crippen LogP contribution in [0.2, 0.25) is 0 Å². The molecule has 1 fully saturated rings. The van der Waals surface area contributed by atoms with Gasteiger partial charge in [-0.15, -0.1) is 5.10 Å². The van der Waals surface area contributed by atoms with Crippen LogP contribution in [0.1, 0.15) is 48.4 Å². The van der Waals surface area contributed by atoms with E-state index in [0.29, 0.717) is 16.9 Å². The molecule has 30 heavy (non-hydrogen) atoms. The highest BCUT2D eigenvalue weighted by Crippen LogP contribution is 2.24. The van der Waals surface area contributed by atoms with Crippen LogP contribution in [0.3, 0.4) is 0 Å². The van der Waals surface area contributed by atoms with Crippen molar-refractivity contribution in [2.75, 3.05) is 10.6 Å². The first-order valence-corrected chi connectivity index (χ1v) is 9.88. The summed E-state index contributed by atoms with van der Waals surface area (Å²) in [7, 11) is 0. The molecule has 1 saturated carbocycles. The summed E-state index contributed by atoms with van der Waals surface area (Å²) in [6.07, 6.45) is 6.17. The molecule has 8 heteroatoms. The summed E-state index contributed by atoms with van der Waals surface area (Å²) in [4.78, 5) is 12.4. The highest BCUT2D eigenvalue weighted by atomic mass is 16.5. The summed E-state index contributed by atoms with van der Waals surface area (Å²) in [5.41, 5.74) is 1.82. The van der Waals surface area contributed by atoms with Gasteiger partial charge in [-0.2, -0.15) is 5.26 Å². The molecular formula is C22H21N5O3. The van der Waals surface area contributed by atoms with E-state index in [4.69, 9.17) is 14.4 Å². The molecule has 1 aliphatic rings. The average Bonchev–Trinajstić information content (AvgIpc) is 3.25. The van der Waals surface area contributed by atoms with Crippen LogP contribution in [0.15, 0.2) is 52.9 Å². The minimum atomic E-state index is -0.503. The van der Waals surface area contributed by atoms with E-state index in [2.05, 4.69) is 20.8 Å². The Kier molecular flexibility index (Phi) is 5.90. The lowest BCUT2D eigenvalue weighted by Gasteiger charge is -2.23. The third kappa shape index (κ3) is 4.94. The number of hydrogen-bond acceptors (Lipinski definition) is 7. The van der Waals surface area contributed by atoms with Gasteiger partial charge in [-0.1, -0.05) is 11.5 Å². The Morgan fingerprint density at radius 2 is 1.70 bits per heavy atom. The highest BCUT2D eigenvalue weighted by molar-refractivity contribution is 6.00. The van der Waals surface area contributed by atoms with Crippen LogP contribution in [0.25, 0.3) is 0 Å². The van der Waals surface area contributed by atoms with Gasteiger partial charge in [-0.25, -0.2) is 0 Å². The van der Waals surface area contributed by atoms with Crippen LogP contribution < -0.4 is 15.4 Å². The number of amides is 1. The Morgan fingerprint density at radius 1 is 1.00 bits per heavy atom. The van der Waals surface area contributed by atoms with Crippen molar-refractivity contribution in [2.45, 2.75) is 38.2 Å². The highest BCUT2D eigenvalue weighted by Gasteiger charge is 2.17. The molecule has 0 saturated heterocycles. The summed E-state index contributed by atoms with van der Waals surface area (Å²) in [6, 6.07) is 16.1. The Bertz CT molecular complexity index is 1030. The minimum Gasteiger partial charge on any atom is -0.490 e. The van der Waals surface area contributed by atoms with Crippen molar-refractivity contribution in [1.82, 2.24) is 10.2 Å². The van der Waals surface area contributed by atoms with Gasteiger partial charge < -0.3 is 19.8 Å². The monoisotopic (exact) mass is 403 g/mol. The molecule has 2 N–H and O–H groups in total. The number of carbonyl (C=O) groups is 1. The number of rotatable bonds is 6. The number of hydrogen-bond donors (Lipinski definition) is 2. The second-order valence-electron chi connectivity index (χ2n) is 7.08. The topological polar surface area (TPSA) is 113 Å². The maximum atomic E-state index is 12.4. The lowest BCUT2D eigenvalue weighted by atomic mass is 9.98. The molecule has 1 aromatic heterocycles. The predicted octanol–water partition coefficient (Wildman–Crippen LogP) is 4.65. The van der Waals surface area contributed by atoms with E-state index in [0.717, 1.165) is 18.6 Å². The second-order valence-corrected chi connectivity index (χ2v) is 7.08. The predicted molar refractivity (Wildman–Crippen MR) is 111 cm³/mol. The van der Waals surface area contributed by atoms with Gasteiger partial charge in [0.2, 0.25) is 0 Å². The zero-order chi connectivity index (χ0) is 20.8. The fourth-order valence-electron chi connectivity index (χ4n) is 3.29. The fraction of sp³-hybridized carbons (Fsp3) is 0.273. The number of carbonyl (C=O) groups excluding carboxylic acids is 1. The Balaban J connectivity index is 1.33. The molecule has 1 heterocycles. The van der Waals surface area contributed by atoms with Crippen molar-refractivity contribution in [3.8, 4) is 11.8 Å². The van der Waals surface area contributed by atoms with E-state index in [1.807, 2.05) is 18.2 Å². The van der Waals surface area contributed by atoms with Crippen LogP contribution in [0.4, 0.5) is 17.4 Å². The lowest BCUT2D eigenvalue weighted by Crippen LogP contribution is -2.19. The van der Waals surface area contributed by atoms with Gasteiger partial charge in [0.05, 0.1) is 17.7 Å². The number of nitrogens with one attached hydrogen (secondary N) is 2. The summed E-state index contributed by atoms with van der Waals surface area (Å²) in [5, 5.41) is 22.0. The van der Waals surface area contributed by atoms with E-state index < -0.39 is 5.91 Å². The number of aromatic nitrogens is 2. The van der Waals surface area contributed by atoms with Crippen molar-refractivity contribution in [3.05, 3.63) is 60.0 Å². The maximum absolute atomic E-state index is 12.4. The molecule has 2 aromatic carbocycles. The summed E-state index contributed by atoms with van der Waals surface area (Å²) < 4.78 is 11.4. The molecule has 3 aromatic rings. The maximum Gasteiger partial charge on any atom is 0.320 e. The van der Waals surface area contributed by atoms with Gasteiger partial charge in [0, 0.05) is 11.4 Å². The molecule has 152 valence electrons. The first kappa shape index (κ1) is 19.5. The van der Waals surface area contributed by atoms with E-state index in [1.54, 1.807) is 36.4 Å². The first-order chi connectivity index (χ1) is 14.7. The summed E-state index contributed by atoms with van der Waals surface area (Å²) in [5.74, 6) is 0.136. The molecular weight excluding hydrogens is 382 g/mol. The van der Waals surface area contributed by atoms with Crippen LogP contribution in [-0.2, 0) is 0 Å². The first-order valence-electron chi connectivity index (χ1n) is 9.88. The van der Waals surface area contributed by atoms with Gasteiger partial charge in [-0.3, -0.25) is 4.79 Å². The molecule has 0 aliphatic heterocycles. The zero-order valence-electron chi connectivity index (χ0n) is 16.3. The van der Waals surface area contributed by atoms with E-state index in [-0.39, 0.29) is 18.0 Å². The van der Waals surface area contributed by atoms with Gasteiger partial charge >= 0.3 is 17.8 Å². The normalized spacial score (nSPS) is 14.0. The molecule has 0 unspecified atom stereocenters. The lowest BCUT2D eigenvalue weighted by molar-refractivity contribution is 0.0991. The summed E-state index contributed by atoms with van der Waals surface area (Å²) >= 11 is 0. The minimum absolute atomic E-state index is 0.0843. The van der Waals surface area contributed by atoms with Gasteiger partial charge in [0.1, 0.15) is 5.75 Å². The van der Waals surface area contributed by atoms with Gasteiger partial charge in [-0.05, 0) is 74.2 Å². The molecule has 0 bridgehead atoms. The van der Waals surface area contributed by atoms with E-state index in [9.17, 15) is 4.79 Å². The van der Waals surface area contributed by atoms with Crippen LogP contribution >= 0.6 is 0 Å². The van der Waals surface area contributed by atoms with Crippen LogP contribution in [0, 0.1) is 11.3 Å². The van der Waals surface area contributed by atoms with Crippen LogP contribution in [-0.4, -0.2) is 22.2 Å². The fourth-order valence-corrected chi connectivity index (χ4v) is 3.29. The largest absolute Gasteiger partial charge is 0.490 e. The quantitative estimate of drug-likeness (QED) is 0.616. The van der Waals surface area contributed by atoms with Crippen molar-refractivity contribution < 1.29 is 13.9 Å². The van der Waals surface area contributed by atoms with E-state index in [1.165, 1.54) is 19.3 Å². The van der Waals surface area contributed by atoms with Crippen molar-refractivity contribution in [1.29, 1.82) is 5.26 Å². The molecule has 1 aliphatic carbocycles. The zero-order valence-corrected chi connectivity index (χ0v) is 16.3. The molecule has 1 amide bonds. The third-order valence-electron chi connectivity index (χ3n) is 4.85. The number of nitriles is 1. The van der Waals surface area contributed by atoms with E-state index >= 15 is 0 Å². The Hall–Kier alpha value is -3.86. The van der Waals surface area contributed by atoms with Gasteiger partial charge in [0.25, 0.3) is 0 Å². The molecule has 0 spiro atoms. The van der Waals surface area contributed by atoms with Gasteiger partial charge in [0.15, 0.2) is 0 Å². The molecule has 0 atom stereocenters. The SMILES string of the molecule is N#Cc1ccc(Nc2nnc(C(=O)Nc3ccc(OC4CCCCC4)cc3)o2)cc1. The Labute approximate surface area is 173 Å². The summed E-state index contributed by atoms with van der Waals surface area (Å²) in [6.45, 7) is 0. The van der Waals surface area contributed by atoms with Crippen molar-refractivity contribution >= 4 is 23.3 Å². The number of ether oxygens (including phenoxy) is 1. The number of benzene rings is 2. The molecule has 4 rings (SSSR count). The standard InChI is InChI=1S/C22H21N5O3/c23-14-15-6-8-17(9-7-15)25-22-27-26-21(30-22)20(28)24-16-10-12-19(13-11-16)29-18-4-2-1-3-5-18/h6-13,18H,1-5H2,(H,24,28)(H,25,27). The third-order valence-corrected chi connectivity index (χ3v) is 4.85. The number of anilines is 3. The number of nitrogens with zero attached hydrogens (tertiary/aromatic N) is 3. The average molecular weight is 403 g/mol. The Morgan fingerprint density at radius 3 is 2.40 bits per heavy atom. The van der Waals surface area contributed by atoms with Crippen molar-refractivity contribution in [2.24, 2.45) is 0 Å². The smallest absolute Gasteiger partial charge is 0.320 e. The molecule has 0 radical (unpaired) electrons. The van der Waals surface area contributed by atoms with Crippen molar-refractivity contribution in [3.63, 3.8) is 0 Å². The van der Waals surface area contributed by atoms with Crippen LogP contribution in [0.5, 0.6) is 5.75 Å².